The average Bonchev–Trinajstić information content (AvgIpc) is 2.87. The van der Waals surface area contributed by atoms with Gasteiger partial charge in [0.1, 0.15) is 11.8 Å². The van der Waals surface area contributed by atoms with E-state index in [0.29, 0.717) is 17.8 Å². The van der Waals surface area contributed by atoms with Crippen LogP contribution in [0.5, 0.6) is 0 Å². The molecule has 134 valence electrons. The van der Waals surface area contributed by atoms with Crippen molar-refractivity contribution in [3.63, 3.8) is 0 Å². The third-order valence-electron chi connectivity index (χ3n) is 4.39. The second kappa shape index (κ2) is 7.12. The maximum absolute atomic E-state index is 12.7. The number of carbonyl (C=O) groups excluding carboxylic acids is 2. The number of ketones is 1. The summed E-state index contributed by atoms with van der Waals surface area (Å²) in [5, 5.41) is 10.8. The van der Waals surface area contributed by atoms with Gasteiger partial charge >= 0.3 is 0 Å². The summed E-state index contributed by atoms with van der Waals surface area (Å²) in [6.07, 6.45) is 1.62. The number of hydrogen-bond donors (Lipinski definition) is 1. The number of hydrogen-bond acceptors (Lipinski definition) is 4. The Morgan fingerprint density at radius 1 is 1.15 bits per heavy atom. The maximum atomic E-state index is 12.7. The summed E-state index contributed by atoms with van der Waals surface area (Å²) in [6.45, 7) is 6.32. The Morgan fingerprint density at radius 3 is 2.42 bits per heavy atom. The van der Waals surface area contributed by atoms with Gasteiger partial charge in [-0.25, -0.2) is 0 Å². The molecule has 1 aromatic carbocycles. The van der Waals surface area contributed by atoms with Crippen molar-refractivity contribution in [3.05, 3.63) is 71.1 Å². The molecule has 5 heteroatoms. The molecule has 0 aliphatic carbocycles. The lowest BCUT2D eigenvalue weighted by atomic mass is 9.97. The molecule has 0 saturated carbocycles. The van der Waals surface area contributed by atoms with Gasteiger partial charge in [0.2, 0.25) is 0 Å². The summed E-state index contributed by atoms with van der Waals surface area (Å²) in [6, 6.07) is 11.9. The number of benzene rings is 1. The van der Waals surface area contributed by atoms with Gasteiger partial charge in [0.15, 0.2) is 0 Å². The number of aliphatic hydroxyl groups excluding tert-OH is 1. The number of amides is 1. The van der Waals surface area contributed by atoms with Gasteiger partial charge < -0.3 is 10.0 Å². The van der Waals surface area contributed by atoms with Gasteiger partial charge in [-0.15, -0.1) is 0 Å². The first-order valence-corrected chi connectivity index (χ1v) is 8.66. The molecule has 3 rings (SSSR count). The van der Waals surface area contributed by atoms with E-state index in [1.165, 1.54) is 4.90 Å². The van der Waals surface area contributed by atoms with Crippen LogP contribution in [0.25, 0.3) is 5.76 Å². The zero-order valence-corrected chi connectivity index (χ0v) is 15.1. The highest BCUT2D eigenvalue weighted by atomic mass is 16.3. The first kappa shape index (κ1) is 17.9. The Hall–Kier alpha value is -2.95. The lowest BCUT2D eigenvalue weighted by Gasteiger charge is -2.26. The number of aliphatic hydroxyl groups is 1. The molecule has 1 atom stereocenters. The minimum atomic E-state index is -0.681. The number of pyridine rings is 1. The molecule has 1 fully saturated rings. The lowest BCUT2D eigenvalue weighted by Crippen LogP contribution is -2.33. The maximum Gasteiger partial charge on any atom is 0.295 e. The molecule has 26 heavy (non-hydrogen) atoms. The number of likely N-dealkylation sites (tertiary alicyclic amines) is 1. The second-order valence-electron chi connectivity index (χ2n) is 6.97. The first-order valence-electron chi connectivity index (χ1n) is 8.66. The highest BCUT2D eigenvalue weighted by molar-refractivity contribution is 6.46. The highest BCUT2D eigenvalue weighted by Gasteiger charge is 2.46. The van der Waals surface area contributed by atoms with Crippen LogP contribution in [-0.2, 0) is 9.59 Å². The van der Waals surface area contributed by atoms with Crippen LogP contribution in [0.3, 0.4) is 0 Å². The van der Waals surface area contributed by atoms with Crippen molar-refractivity contribution >= 4 is 17.4 Å². The summed E-state index contributed by atoms with van der Waals surface area (Å²) in [4.78, 5) is 31.2. The van der Waals surface area contributed by atoms with Crippen molar-refractivity contribution in [2.45, 2.75) is 26.8 Å². The number of carbonyl (C=O) groups is 2. The molecular weight excluding hydrogens is 328 g/mol. The van der Waals surface area contributed by atoms with E-state index >= 15 is 0 Å². The Kier molecular flexibility index (Phi) is 4.89. The quantitative estimate of drug-likeness (QED) is 0.521. The lowest BCUT2D eigenvalue weighted by molar-refractivity contribution is -0.140. The van der Waals surface area contributed by atoms with Gasteiger partial charge in [0, 0.05) is 18.3 Å². The zero-order valence-electron chi connectivity index (χ0n) is 15.1. The van der Waals surface area contributed by atoms with Gasteiger partial charge in [-0.1, -0.05) is 49.7 Å². The van der Waals surface area contributed by atoms with Crippen molar-refractivity contribution in [3.8, 4) is 0 Å². The van der Waals surface area contributed by atoms with Gasteiger partial charge in [-0.3, -0.25) is 14.6 Å². The van der Waals surface area contributed by atoms with Gasteiger partial charge in [0.05, 0.1) is 11.3 Å². The van der Waals surface area contributed by atoms with Gasteiger partial charge in [0.25, 0.3) is 11.7 Å². The average molecular weight is 350 g/mol. The van der Waals surface area contributed by atoms with E-state index in [0.717, 1.165) is 5.56 Å². The number of nitrogens with zero attached hydrogens (tertiary/aromatic N) is 2. The molecule has 1 aliphatic rings. The normalized spacial score (nSPS) is 19.4. The smallest absolute Gasteiger partial charge is 0.295 e. The van der Waals surface area contributed by atoms with Crippen LogP contribution in [0.4, 0.5) is 0 Å². The highest BCUT2D eigenvalue weighted by Crippen LogP contribution is 2.38. The third-order valence-corrected chi connectivity index (χ3v) is 4.39. The van der Waals surface area contributed by atoms with Crippen molar-refractivity contribution in [2.75, 3.05) is 6.54 Å². The van der Waals surface area contributed by atoms with Crippen LogP contribution in [0.15, 0.2) is 54.2 Å². The van der Waals surface area contributed by atoms with E-state index in [1.54, 1.807) is 30.5 Å². The largest absolute Gasteiger partial charge is 0.507 e. The summed E-state index contributed by atoms with van der Waals surface area (Å²) >= 11 is 0. The van der Waals surface area contributed by atoms with Crippen molar-refractivity contribution < 1.29 is 14.7 Å². The fourth-order valence-corrected chi connectivity index (χ4v) is 3.17. The first-order chi connectivity index (χ1) is 12.4. The van der Waals surface area contributed by atoms with Crippen LogP contribution in [0.1, 0.15) is 36.7 Å². The molecule has 1 N–H and O–H groups in total. The molecule has 0 bridgehead atoms. The molecule has 5 nitrogen and oxygen atoms in total. The SMILES string of the molecule is Cc1ccc(/C(O)=C2/C(=O)C(=O)N(CC(C)C)C2c2ccccn2)cc1. The predicted molar refractivity (Wildman–Crippen MR) is 99.3 cm³/mol. The predicted octanol–water partition coefficient (Wildman–Crippen LogP) is 3.47. The van der Waals surface area contributed by atoms with Gasteiger partial charge in [-0.2, -0.15) is 0 Å². The van der Waals surface area contributed by atoms with E-state index in [1.807, 2.05) is 39.0 Å². The molecular formula is C21H22N2O3. The molecule has 1 aliphatic heterocycles. The van der Waals surface area contributed by atoms with Gasteiger partial charge in [-0.05, 0) is 25.0 Å². The van der Waals surface area contributed by atoms with Crippen molar-refractivity contribution in [1.82, 2.24) is 9.88 Å². The van der Waals surface area contributed by atoms with E-state index in [9.17, 15) is 14.7 Å². The zero-order chi connectivity index (χ0) is 18.8. The summed E-state index contributed by atoms with van der Waals surface area (Å²) in [7, 11) is 0. The third kappa shape index (κ3) is 3.25. The molecule has 0 radical (unpaired) electrons. The molecule has 2 heterocycles. The summed E-state index contributed by atoms with van der Waals surface area (Å²) in [5.74, 6) is -1.24. The van der Waals surface area contributed by atoms with Crippen LogP contribution in [0, 0.1) is 12.8 Å². The number of rotatable bonds is 4. The van der Waals surface area contributed by atoms with Crippen molar-refractivity contribution in [2.24, 2.45) is 5.92 Å². The number of Topliss-reactive ketones (excluding diaryl/α,β-unsaturated/α-hetero) is 1. The van der Waals surface area contributed by atoms with Crippen LogP contribution < -0.4 is 0 Å². The molecule has 0 spiro atoms. The minimum Gasteiger partial charge on any atom is -0.507 e. The van der Waals surface area contributed by atoms with E-state index in [2.05, 4.69) is 4.98 Å². The van der Waals surface area contributed by atoms with Crippen LogP contribution >= 0.6 is 0 Å². The minimum absolute atomic E-state index is 0.0956. The Morgan fingerprint density at radius 2 is 1.85 bits per heavy atom. The molecule has 1 aromatic heterocycles. The fourth-order valence-electron chi connectivity index (χ4n) is 3.17. The number of aryl methyl sites for hydroxylation is 1. The Labute approximate surface area is 153 Å². The van der Waals surface area contributed by atoms with E-state index in [4.69, 9.17) is 0 Å². The molecule has 1 amide bonds. The topological polar surface area (TPSA) is 70.5 Å². The second-order valence-corrected chi connectivity index (χ2v) is 6.97. The van der Waals surface area contributed by atoms with E-state index in [-0.39, 0.29) is 17.3 Å². The number of aromatic nitrogens is 1. The fraction of sp³-hybridized carbons (Fsp3) is 0.286. The molecule has 2 aromatic rings. The Bertz CT molecular complexity index is 855. The monoisotopic (exact) mass is 350 g/mol. The van der Waals surface area contributed by atoms with Crippen LogP contribution in [-0.4, -0.2) is 33.2 Å². The Balaban J connectivity index is 2.17. The van der Waals surface area contributed by atoms with Crippen molar-refractivity contribution in [1.29, 1.82) is 0 Å². The summed E-state index contributed by atoms with van der Waals surface area (Å²) < 4.78 is 0. The standard InChI is InChI=1S/C21H22N2O3/c1-13(2)12-23-18(16-6-4-5-11-22-16)17(20(25)21(23)26)19(24)15-9-7-14(3)8-10-15/h4-11,13,18,24H,12H2,1-3H3/b19-17-. The molecule has 1 saturated heterocycles. The molecule has 1 unspecified atom stereocenters. The van der Waals surface area contributed by atoms with Crippen LogP contribution in [0.2, 0.25) is 0 Å². The summed E-state index contributed by atoms with van der Waals surface area (Å²) in [5.41, 5.74) is 2.22. The van der Waals surface area contributed by atoms with E-state index < -0.39 is 17.7 Å².